The summed E-state index contributed by atoms with van der Waals surface area (Å²) in [5.74, 6) is -0.972. The summed E-state index contributed by atoms with van der Waals surface area (Å²) in [5, 5.41) is 3.21. The van der Waals surface area contributed by atoms with Gasteiger partial charge in [-0.15, -0.1) is 0 Å². The van der Waals surface area contributed by atoms with E-state index in [4.69, 9.17) is 27.9 Å². The van der Waals surface area contributed by atoms with Crippen molar-refractivity contribution in [2.75, 3.05) is 5.32 Å². The second kappa shape index (κ2) is 8.18. The molecule has 0 spiro atoms. The molecule has 1 atom stereocenters. The number of hydrogen-bond acceptors (Lipinski definition) is 3. The summed E-state index contributed by atoms with van der Waals surface area (Å²) in [6, 6.07) is 12.4. The van der Waals surface area contributed by atoms with Gasteiger partial charge in [-0.2, -0.15) is 0 Å². The van der Waals surface area contributed by atoms with E-state index in [0.29, 0.717) is 15.7 Å². The maximum atomic E-state index is 12.2. The van der Waals surface area contributed by atoms with Crippen LogP contribution < -0.4 is 5.32 Å². The first-order chi connectivity index (χ1) is 11.4. The zero-order valence-electron chi connectivity index (χ0n) is 13.3. The van der Waals surface area contributed by atoms with Gasteiger partial charge in [0, 0.05) is 0 Å². The van der Waals surface area contributed by atoms with Crippen molar-refractivity contribution in [2.24, 2.45) is 0 Å². The first kappa shape index (κ1) is 18.3. The van der Waals surface area contributed by atoms with E-state index in [1.165, 1.54) is 6.92 Å². The number of ether oxygens (including phenoxy) is 1. The van der Waals surface area contributed by atoms with Gasteiger partial charge in [-0.05, 0) is 37.1 Å². The fourth-order valence-corrected chi connectivity index (χ4v) is 2.59. The maximum absolute atomic E-state index is 12.2. The van der Waals surface area contributed by atoms with E-state index in [-0.39, 0.29) is 6.42 Å². The van der Waals surface area contributed by atoms with Crippen molar-refractivity contribution in [3.63, 3.8) is 0 Å². The number of amides is 1. The van der Waals surface area contributed by atoms with Crippen LogP contribution in [0.15, 0.2) is 42.5 Å². The van der Waals surface area contributed by atoms with Gasteiger partial charge in [0.2, 0.25) is 0 Å². The number of anilines is 1. The molecule has 0 saturated carbocycles. The summed E-state index contributed by atoms with van der Waals surface area (Å²) in [5.41, 5.74) is 2.16. The van der Waals surface area contributed by atoms with E-state index in [9.17, 15) is 9.59 Å². The van der Waals surface area contributed by atoms with Crippen LogP contribution in [0.3, 0.4) is 0 Å². The Bertz CT molecular complexity index is 741. The minimum Gasteiger partial charge on any atom is -0.452 e. The average molecular weight is 366 g/mol. The van der Waals surface area contributed by atoms with E-state index in [2.05, 4.69) is 5.32 Å². The van der Waals surface area contributed by atoms with Crippen LogP contribution in [0.1, 0.15) is 18.1 Å². The fraction of sp³-hybridized carbons (Fsp3) is 0.222. The predicted octanol–water partition coefficient (Wildman–Crippen LogP) is 4.41. The molecule has 0 aliphatic carbocycles. The number of para-hydroxylation sites is 1. The lowest BCUT2D eigenvalue weighted by molar-refractivity contribution is -0.152. The third-order valence-electron chi connectivity index (χ3n) is 3.48. The topological polar surface area (TPSA) is 55.4 Å². The molecule has 1 amide bonds. The molecular weight excluding hydrogens is 349 g/mol. The Morgan fingerprint density at radius 1 is 1.08 bits per heavy atom. The number of aryl methyl sites for hydroxylation is 1. The molecule has 0 radical (unpaired) electrons. The van der Waals surface area contributed by atoms with Crippen molar-refractivity contribution in [1.29, 1.82) is 0 Å². The van der Waals surface area contributed by atoms with Crippen molar-refractivity contribution in [1.82, 2.24) is 0 Å². The summed E-state index contributed by atoms with van der Waals surface area (Å²) >= 11 is 12.0. The molecule has 0 aromatic heterocycles. The Morgan fingerprint density at radius 2 is 1.71 bits per heavy atom. The summed E-state index contributed by atoms with van der Waals surface area (Å²) in [4.78, 5) is 24.2. The molecule has 1 N–H and O–H groups in total. The molecule has 0 heterocycles. The summed E-state index contributed by atoms with van der Waals surface area (Å²) in [7, 11) is 0. The van der Waals surface area contributed by atoms with Crippen molar-refractivity contribution in [2.45, 2.75) is 26.4 Å². The smallest absolute Gasteiger partial charge is 0.311 e. The van der Waals surface area contributed by atoms with Gasteiger partial charge in [0.1, 0.15) is 0 Å². The Labute approximate surface area is 150 Å². The van der Waals surface area contributed by atoms with Crippen molar-refractivity contribution in [3.8, 4) is 0 Å². The highest BCUT2D eigenvalue weighted by atomic mass is 35.5. The van der Waals surface area contributed by atoms with Crippen LogP contribution in [0.5, 0.6) is 0 Å². The van der Waals surface area contributed by atoms with Crippen LogP contribution in [0, 0.1) is 6.92 Å². The molecule has 126 valence electrons. The van der Waals surface area contributed by atoms with Gasteiger partial charge in [0.25, 0.3) is 5.91 Å². The predicted molar refractivity (Wildman–Crippen MR) is 95.5 cm³/mol. The van der Waals surface area contributed by atoms with Crippen LogP contribution in [0.25, 0.3) is 0 Å². The second-order valence-corrected chi connectivity index (χ2v) is 6.14. The minimum absolute atomic E-state index is 0.108. The Hall–Kier alpha value is -2.04. The highest BCUT2D eigenvalue weighted by Crippen LogP contribution is 2.29. The third kappa shape index (κ3) is 4.73. The van der Waals surface area contributed by atoms with Gasteiger partial charge in [-0.3, -0.25) is 9.59 Å². The van der Waals surface area contributed by atoms with Gasteiger partial charge < -0.3 is 10.1 Å². The highest BCUT2D eigenvalue weighted by Gasteiger charge is 2.20. The second-order valence-electron chi connectivity index (χ2n) is 5.32. The Kier molecular flexibility index (Phi) is 6.23. The summed E-state index contributed by atoms with van der Waals surface area (Å²) < 4.78 is 5.19. The molecule has 0 aliphatic heterocycles. The molecule has 2 rings (SSSR count). The van der Waals surface area contributed by atoms with Gasteiger partial charge in [-0.25, -0.2) is 0 Å². The minimum atomic E-state index is -0.964. The van der Waals surface area contributed by atoms with Crippen molar-refractivity contribution >= 4 is 40.8 Å². The van der Waals surface area contributed by atoms with Crippen molar-refractivity contribution in [3.05, 3.63) is 63.6 Å². The standard InChI is InChI=1S/C18H17Cl2NO3/c1-11-6-3-4-7-13(11)10-16(22)24-12(2)18(23)21-17-14(19)8-5-9-15(17)20/h3-9,12H,10H2,1-2H3,(H,21,23)/t12-/m0/s1. The Morgan fingerprint density at radius 3 is 2.33 bits per heavy atom. The van der Waals surface area contributed by atoms with E-state index in [0.717, 1.165) is 11.1 Å². The lowest BCUT2D eigenvalue weighted by Crippen LogP contribution is -2.30. The molecule has 0 aliphatic rings. The number of nitrogens with one attached hydrogen (secondary N) is 1. The first-order valence-electron chi connectivity index (χ1n) is 7.37. The summed E-state index contributed by atoms with van der Waals surface area (Å²) in [6.45, 7) is 3.41. The van der Waals surface area contributed by atoms with Crippen LogP contribution in [0.4, 0.5) is 5.69 Å². The molecule has 4 nitrogen and oxygen atoms in total. The van der Waals surface area contributed by atoms with E-state index in [1.807, 2.05) is 31.2 Å². The van der Waals surface area contributed by atoms with Gasteiger partial charge in [0.05, 0.1) is 22.2 Å². The van der Waals surface area contributed by atoms with Gasteiger partial charge in [0.15, 0.2) is 6.10 Å². The lowest BCUT2D eigenvalue weighted by Gasteiger charge is -2.15. The van der Waals surface area contributed by atoms with Gasteiger partial charge in [-0.1, -0.05) is 53.5 Å². The SMILES string of the molecule is Cc1ccccc1CC(=O)O[C@@H](C)C(=O)Nc1c(Cl)cccc1Cl. The monoisotopic (exact) mass is 365 g/mol. The van der Waals surface area contributed by atoms with Crippen molar-refractivity contribution < 1.29 is 14.3 Å². The maximum Gasteiger partial charge on any atom is 0.311 e. The first-order valence-corrected chi connectivity index (χ1v) is 8.13. The zero-order chi connectivity index (χ0) is 17.7. The third-order valence-corrected chi connectivity index (χ3v) is 4.11. The van der Waals surface area contributed by atoms with E-state index < -0.39 is 18.0 Å². The molecule has 0 bridgehead atoms. The van der Waals surface area contributed by atoms with Crippen LogP contribution in [-0.2, 0) is 20.7 Å². The largest absolute Gasteiger partial charge is 0.452 e. The quantitative estimate of drug-likeness (QED) is 0.798. The number of carbonyl (C=O) groups excluding carboxylic acids is 2. The Balaban J connectivity index is 1.96. The molecule has 6 heteroatoms. The number of hydrogen-bond donors (Lipinski definition) is 1. The van der Waals surface area contributed by atoms with E-state index >= 15 is 0 Å². The fourth-order valence-electron chi connectivity index (χ4n) is 2.10. The van der Waals surface area contributed by atoms with Crippen LogP contribution >= 0.6 is 23.2 Å². The molecule has 0 saturated heterocycles. The number of rotatable bonds is 5. The van der Waals surface area contributed by atoms with Crippen LogP contribution in [0.2, 0.25) is 10.0 Å². The number of halogens is 2. The zero-order valence-corrected chi connectivity index (χ0v) is 14.8. The number of carbonyl (C=O) groups is 2. The molecule has 24 heavy (non-hydrogen) atoms. The summed E-state index contributed by atoms with van der Waals surface area (Å²) in [6.07, 6.45) is -0.856. The van der Waals surface area contributed by atoms with Gasteiger partial charge >= 0.3 is 5.97 Å². The normalized spacial score (nSPS) is 11.7. The number of esters is 1. The van der Waals surface area contributed by atoms with E-state index in [1.54, 1.807) is 18.2 Å². The highest BCUT2D eigenvalue weighted by molar-refractivity contribution is 6.39. The van der Waals surface area contributed by atoms with Crippen LogP contribution in [-0.4, -0.2) is 18.0 Å². The molecule has 2 aromatic rings. The average Bonchev–Trinajstić information content (AvgIpc) is 2.53. The molecule has 2 aromatic carbocycles. The molecule has 0 unspecified atom stereocenters. The lowest BCUT2D eigenvalue weighted by atomic mass is 10.1. The molecular formula is C18H17Cl2NO3. The number of benzene rings is 2. The molecule has 0 fully saturated rings.